The predicted octanol–water partition coefficient (Wildman–Crippen LogP) is 3.07. The van der Waals surface area contributed by atoms with Crippen molar-refractivity contribution in [2.45, 2.75) is 52.1 Å². The van der Waals surface area contributed by atoms with Crippen molar-refractivity contribution >= 4 is 18.3 Å². The second-order valence-corrected chi connectivity index (χ2v) is 5.74. The molecule has 0 saturated carbocycles. The van der Waals surface area contributed by atoms with E-state index < -0.39 is 0 Å². The lowest BCUT2D eigenvalue weighted by Crippen LogP contribution is -2.51. The first-order valence-corrected chi connectivity index (χ1v) is 7.14. The third-order valence-electron chi connectivity index (χ3n) is 4.03. The number of carbonyl (C=O) groups excluding carboxylic acids is 1. The Morgan fingerprint density at radius 1 is 1.35 bits per heavy atom. The van der Waals surface area contributed by atoms with Crippen molar-refractivity contribution in [3.63, 3.8) is 0 Å². The van der Waals surface area contributed by atoms with Gasteiger partial charge in [-0.3, -0.25) is 4.79 Å². The molecule has 1 aromatic rings. The van der Waals surface area contributed by atoms with Gasteiger partial charge in [0.05, 0.1) is 0 Å². The number of piperidine rings is 1. The van der Waals surface area contributed by atoms with Crippen LogP contribution in [0, 0.1) is 13.8 Å². The Labute approximate surface area is 127 Å². The molecule has 0 aliphatic carbocycles. The number of halogens is 1. The van der Waals surface area contributed by atoms with Crippen LogP contribution in [0.15, 0.2) is 18.2 Å². The standard InChI is InChI=1S/C16H24N2O.ClH/c1-11-7-8-14(12(2)10-11)16(19)18-9-5-4-6-15(18)13(3)17;/h7-8,10,13,15H,4-6,9,17H2,1-3H3;1H. The van der Waals surface area contributed by atoms with Gasteiger partial charge in [-0.05, 0) is 51.7 Å². The molecule has 4 heteroatoms. The molecule has 1 saturated heterocycles. The zero-order valence-corrected chi connectivity index (χ0v) is 13.4. The number of rotatable bonds is 2. The average Bonchev–Trinajstić information content (AvgIpc) is 2.38. The number of carbonyl (C=O) groups is 1. The first-order chi connectivity index (χ1) is 9.00. The summed E-state index contributed by atoms with van der Waals surface area (Å²) in [6.07, 6.45) is 3.27. The highest BCUT2D eigenvalue weighted by molar-refractivity contribution is 5.96. The number of hydrogen-bond acceptors (Lipinski definition) is 2. The smallest absolute Gasteiger partial charge is 0.254 e. The maximum atomic E-state index is 12.7. The SMILES string of the molecule is Cc1ccc(C(=O)N2CCCCC2C(C)N)c(C)c1.Cl. The molecule has 1 aliphatic rings. The molecule has 1 heterocycles. The normalized spacial score (nSPS) is 20.2. The van der Waals surface area contributed by atoms with Crippen LogP contribution in [0.25, 0.3) is 0 Å². The van der Waals surface area contributed by atoms with Crippen molar-refractivity contribution in [2.24, 2.45) is 5.73 Å². The van der Waals surface area contributed by atoms with E-state index in [1.54, 1.807) is 0 Å². The number of amides is 1. The lowest BCUT2D eigenvalue weighted by molar-refractivity contribution is 0.0583. The van der Waals surface area contributed by atoms with E-state index in [-0.39, 0.29) is 30.4 Å². The minimum Gasteiger partial charge on any atom is -0.334 e. The molecule has 0 spiro atoms. The van der Waals surface area contributed by atoms with Crippen molar-refractivity contribution in [1.82, 2.24) is 4.90 Å². The molecule has 1 amide bonds. The maximum Gasteiger partial charge on any atom is 0.254 e. The van der Waals surface area contributed by atoms with E-state index in [1.165, 1.54) is 12.0 Å². The van der Waals surface area contributed by atoms with Crippen molar-refractivity contribution in [1.29, 1.82) is 0 Å². The van der Waals surface area contributed by atoms with Crippen LogP contribution in [0.4, 0.5) is 0 Å². The van der Waals surface area contributed by atoms with Crippen LogP contribution in [0.2, 0.25) is 0 Å². The van der Waals surface area contributed by atoms with Gasteiger partial charge in [0.25, 0.3) is 5.91 Å². The summed E-state index contributed by atoms with van der Waals surface area (Å²) < 4.78 is 0. The molecule has 0 bridgehead atoms. The summed E-state index contributed by atoms with van der Waals surface area (Å²) in [6, 6.07) is 6.24. The topological polar surface area (TPSA) is 46.3 Å². The summed E-state index contributed by atoms with van der Waals surface area (Å²) in [5.41, 5.74) is 9.11. The van der Waals surface area contributed by atoms with E-state index in [0.29, 0.717) is 0 Å². The Kier molecular flexibility index (Phi) is 6.03. The summed E-state index contributed by atoms with van der Waals surface area (Å²) in [4.78, 5) is 14.7. The Hall–Kier alpha value is -1.06. The molecule has 2 atom stereocenters. The van der Waals surface area contributed by atoms with Crippen LogP contribution >= 0.6 is 12.4 Å². The minimum absolute atomic E-state index is 0. The fourth-order valence-electron chi connectivity index (χ4n) is 2.96. The summed E-state index contributed by atoms with van der Waals surface area (Å²) in [5.74, 6) is 0.138. The van der Waals surface area contributed by atoms with Gasteiger partial charge in [0, 0.05) is 24.2 Å². The van der Waals surface area contributed by atoms with E-state index in [4.69, 9.17) is 5.73 Å². The van der Waals surface area contributed by atoms with Gasteiger partial charge in [-0.2, -0.15) is 0 Å². The first kappa shape index (κ1) is 17.0. The van der Waals surface area contributed by atoms with Crippen molar-refractivity contribution < 1.29 is 4.79 Å². The Balaban J connectivity index is 0.00000200. The van der Waals surface area contributed by atoms with Gasteiger partial charge < -0.3 is 10.6 Å². The summed E-state index contributed by atoms with van der Waals surface area (Å²) >= 11 is 0. The van der Waals surface area contributed by atoms with Gasteiger partial charge in [-0.1, -0.05) is 17.7 Å². The molecule has 2 N–H and O–H groups in total. The lowest BCUT2D eigenvalue weighted by Gasteiger charge is -2.38. The first-order valence-electron chi connectivity index (χ1n) is 7.14. The van der Waals surface area contributed by atoms with Gasteiger partial charge in [0.15, 0.2) is 0 Å². The van der Waals surface area contributed by atoms with Gasteiger partial charge in [0.2, 0.25) is 0 Å². The number of nitrogens with two attached hydrogens (primary N) is 1. The van der Waals surface area contributed by atoms with Crippen LogP contribution < -0.4 is 5.73 Å². The molecule has 112 valence electrons. The zero-order chi connectivity index (χ0) is 14.0. The third-order valence-corrected chi connectivity index (χ3v) is 4.03. The molecular formula is C16H25ClN2O. The van der Waals surface area contributed by atoms with Crippen molar-refractivity contribution in [3.8, 4) is 0 Å². The Morgan fingerprint density at radius 3 is 2.65 bits per heavy atom. The summed E-state index contributed by atoms with van der Waals surface area (Å²) in [7, 11) is 0. The van der Waals surface area contributed by atoms with Crippen molar-refractivity contribution in [2.75, 3.05) is 6.54 Å². The van der Waals surface area contributed by atoms with Gasteiger partial charge in [0.1, 0.15) is 0 Å². The zero-order valence-electron chi connectivity index (χ0n) is 12.6. The number of nitrogens with zero attached hydrogens (tertiary/aromatic N) is 1. The molecule has 2 rings (SSSR count). The van der Waals surface area contributed by atoms with Crippen LogP contribution in [-0.2, 0) is 0 Å². The summed E-state index contributed by atoms with van der Waals surface area (Å²) in [6.45, 7) is 6.88. The molecule has 2 unspecified atom stereocenters. The van der Waals surface area contributed by atoms with Crippen molar-refractivity contribution in [3.05, 3.63) is 34.9 Å². The van der Waals surface area contributed by atoms with E-state index in [1.807, 2.05) is 37.8 Å². The van der Waals surface area contributed by atoms with E-state index in [2.05, 4.69) is 6.07 Å². The van der Waals surface area contributed by atoms with E-state index in [9.17, 15) is 4.79 Å². The Morgan fingerprint density at radius 2 is 2.05 bits per heavy atom. The van der Waals surface area contributed by atoms with Gasteiger partial charge >= 0.3 is 0 Å². The Bertz CT molecular complexity index is 474. The van der Waals surface area contributed by atoms with Crippen LogP contribution in [0.5, 0.6) is 0 Å². The lowest BCUT2D eigenvalue weighted by atomic mass is 9.95. The molecule has 0 radical (unpaired) electrons. The van der Waals surface area contributed by atoms with Crippen LogP contribution in [0.1, 0.15) is 47.7 Å². The second-order valence-electron chi connectivity index (χ2n) is 5.74. The number of hydrogen-bond donors (Lipinski definition) is 1. The molecule has 20 heavy (non-hydrogen) atoms. The number of likely N-dealkylation sites (tertiary alicyclic amines) is 1. The monoisotopic (exact) mass is 296 g/mol. The maximum absolute atomic E-state index is 12.7. The van der Waals surface area contributed by atoms with Crippen LogP contribution in [-0.4, -0.2) is 29.4 Å². The van der Waals surface area contributed by atoms with E-state index >= 15 is 0 Å². The third kappa shape index (κ3) is 3.53. The summed E-state index contributed by atoms with van der Waals surface area (Å²) in [5, 5.41) is 0. The fourth-order valence-corrected chi connectivity index (χ4v) is 2.96. The minimum atomic E-state index is 0. The molecule has 1 fully saturated rings. The molecular weight excluding hydrogens is 272 g/mol. The highest BCUT2D eigenvalue weighted by Gasteiger charge is 2.30. The molecule has 1 aromatic carbocycles. The largest absolute Gasteiger partial charge is 0.334 e. The number of aryl methyl sites for hydroxylation is 2. The average molecular weight is 297 g/mol. The van der Waals surface area contributed by atoms with Gasteiger partial charge in [-0.25, -0.2) is 0 Å². The molecule has 1 aliphatic heterocycles. The van der Waals surface area contributed by atoms with Gasteiger partial charge in [-0.15, -0.1) is 12.4 Å². The molecule has 3 nitrogen and oxygen atoms in total. The quantitative estimate of drug-likeness (QED) is 0.912. The highest BCUT2D eigenvalue weighted by atomic mass is 35.5. The fraction of sp³-hybridized carbons (Fsp3) is 0.562. The molecule has 0 aromatic heterocycles. The van der Waals surface area contributed by atoms with E-state index in [0.717, 1.165) is 30.5 Å². The van der Waals surface area contributed by atoms with Crippen LogP contribution in [0.3, 0.4) is 0 Å². The highest BCUT2D eigenvalue weighted by Crippen LogP contribution is 2.23. The predicted molar refractivity (Wildman–Crippen MR) is 85.5 cm³/mol. The number of benzene rings is 1. The second kappa shape index (κ2) is 7.09.